The number of nitrogens with zero attached hydrogens (tertiary/aromatic N) is 1. The number of benzene rings is 2. The third kappa shape index (κ3) is 3.53. The summed E-state index contributed by atoms with van der Waals surface area (Å²) in [5.74, 6) is 1.73. The minimum Gasteiger partial charge on any atom is -0.337 e. The van der Waals surface area contributed by atoms with Gasteiger partial charge in [0.25, 0.3) is 0 Å². The summed E-state index contributed by atoms with van der Waals surface area (Å²) < 4.78 is 0. The van der Waals surface area contributed by atoms with Crippen molar-refractivity contribution in [2.75, 3.05) is 12.3 Å². The first kappa shape index (κ1) is 15.2. The second kappa shape index (κ2) is 7.01. The van der Waals surface area contributed by atoms with Crippen LogP contribution >= 0.6 is 11.8 Å². The summed E-state index contributed by atoms with van der Waals surface area (Å²) in [6.45, 7) is 3.74. The Morgan fingerprint density at radius 1 is 1.09 bits per heavy atom. The number of aryl methyl sites for hydroxylation is 1. The highest BCUT2D eigenvalue weighted by Gasteiger charge is 2.19. The molecule has 0 saturated carbocycles. The fourth-order valence-electron chi connectivity index (χ4n) is 2.82. The lowest BCUT2D eigenvalue weighted by Gasteiger charge is -2.28. The summed E-state index contributed by atoms with van der Waals surface area (Å²) in [5.41, 5.74) is 5.31. The van der Waals surface area contributed by atoms with Crippen LogP contribution < -0.4 is 0 Å². The average Bonchev–Trinajstić information content (AvgIpc) is 2.56. The maximum Gasteiger partial charge on any atom is 0.232 e. The standard InChI is InChI=1S/C19H21NOS/c1-15-6-2-3-9-18(15)13-22-14-19(21)20-11-10-16-7-4-5-8-17(16)12-20/h2-9H,10-14H2,1H3. The predicted octanol–water partition coefficient (Wildman–Crippen LogP) is 3.81. The average molecular weight is 311 g/mol. The topological polar surface area (TPSA) is 20.3 Å². The van der Waals surface area contributed by atoms with Crippen molar-refractivity contribution in [3.63, 3.8) is 0 Å². The van der Waals surface area contributed by atoms with Crippen molar-refractivity contribution in [3.05, 3.63) is 70.8 Å². The van der Waals surface area contributed by atoms with E-state index in [4.69, 9.17) is 0 Å². The molecule has 1 amide bonds. The fraction of sp³-hybridized carbons (Fsp3) is 0.316. The van der Waals surface area contributed by atoms with Crippen molar-refractivity contribution in [2.45, 2.75) is 25.6 Å². The van der Waals surface area contributed by atoms with E-state index in [0.29, 0.717) is 5.75 Å². The number of carbonyl (C=O) groups is 1. The Hall–Kier alpha value is -1.74. The van der Waals surface area contributed by atoms with Crippen molar-refractivity contribution in [3.8, 4) is 0 Å². The quantitative estimate of drug-likeness (QED) is 0.855. The van der Waals surface area contributed by atoms with Gasteiger partial charge in [-0.3, -0.25) is 4.79 Å². The van der Waals surface area contributed by atoms with Crippen molar-refractivity contribution in [2.24, 2.45) is 0 Å². The molecule has 0 atom stereocenters. The molecule has 1 heterocycles. The lowest BCUT2D eigenvalue weighted by atomic mass is 10.00. The van der Waals surface area contributed by atoms with Gasteiger partial charge in [0.1, 0.15) is 0 Å². The van der Waals surface area contributed by atoms with Crippen LogP contribution in [0, 0.1) is 6.92 Å². The van der Waals surface area contributed by atoms with Gasteiger partial charge in [-0.05, 0) is 35.6 Å². The minimum absolute atomic E-state index is 0.257. The molecule has 0 spiro atoms. The Balaban J connectivity index is 1.52. The highest BCUT2D eigenvalue weighted by molar-refractivity contribution is 7.99. The van der Waals surface area contributed by atoms with Crippen molar-refractivity contribution < 1.29 is 4.79 Å². The number of fused-ring (bicyclic) bond motifs is 1. The third-order valence-corrected chi connectivity index (χ3v) is 5.19. The first-order valence-corrected chi connectivity index (χ1v) is 8.86. The number of thioether (sulfide) groups is 1. The Morgan fingerprint density at radius 2 is 1.82 bits per heavy atom. The van der Waals surface area contributed by atoms with Crippen LogP contribution in [0.1, 0.15) is 22.3 Å². The van der Waals surface area contributed by atoms with Crippen LogP contribution in [0.5, 0.6) is 0 Å². The Morgan fingerprint density at radius 3 is 2.64 bits per heavy atom. The first-order valence-electron chi connectivity index (χ1n) is 7.71. The van der Waals surface area contributed by atoms with Gasteiger partial charge in [-0.25, -0.2) is 0 Å². The molecule has 2 aromatic carbocycles. The molecule has 114 valence electrons. The lowest BCUT2D eigenvalue weighted by Crippen LogP contribution is -2.37. The molecular weight excluding hydrogens is 290 g/mol. The van der Waals surface area contributed by atoms with Gasteiger partial charge in [0, 0.05) is 18.8 Å². The van der Waals surface area contributed by atoms with Crippen LogP contribution in [0.3, 0.4) is 0 Å². The van der Waals surface area contributed by atoms with E-state index in [2.05, 4.69) is 55.5 Å². The van der Waals surface area contributed by atoms with E-state index < -0.39 is 0 Å². The largest absolute Gasteiger partial charge is 0.337 e. The molecule has 1 aliphatic rings. The van der Waals surface area contributed by atoms with Gasteiger partial charge in [0.05, 0.1) is 5.75 Å². The van der Waals surface area contributed by atoms with Crippen LogP contribution in [0.4, 0.5) is 0 Å². The second-order valence-corrected chi connectivity index (χ2v) is 6.74. The lowest BCUT2D eigenvalue weighted by molar-refractivity contribution is -0.129. The summed E-state index contributed by atoms with van der Waals surface area (Å²) in [6, 6.07) is 16.8. The Labute approximate surface area is 136 Å². The van der Waals surface area contributed by atoms with Gasteiger partial charge in [0.15, 0.2) is 0 Å². The molecule has 0 N–H and O–H groups in total. The summed E-state index contributed by atoms with van der Waals surface area (Å²) in [4.78, 5) is 14.4. The molecule has 0 bridgehead atoms. The van der Waals surface area contributed by atoms with Crippen LogP contribution in [-0.2, 0) is 23.5 Å². The van der Waals surface area contributed by atoms with E-state index in [0.717, 1.165) is 25.3 Å². The summed E-state index contributed by atoms with van der Waals surface area (Å²) in [5, 5.41) is 0. The summed E-state index contributed by atoms with van der Waals surface area (Å²) in [7, 11) is 0. The number of hydrogen-bond donors (Lipinski definition) is 0. The maximum absolute atomic E-state index is 12.4. The molecule has 0 aliphatic carbocycles. The van der Waals surface area contributed by atoms with Crippen molar-refractivity contribution in [1.82, 2.24) is 4.90 Å². The molecule has 1 aliphatic heterocycles. The zero-order valence-electron chi connectivity index (χ0n) is 12.9. The second-order valence-electron chi connectivity index (χ2n) is 5.75. The molecule has 22 heavy (non-hydrogen) atoms. The molecule has 0 radical (unpaired) electrons. The minimum atomic E-state index is 0.257. The van der Waals surface area contributed by atoms with E-state index in [1.165, 1.54) is 22.3 Å². The summed E-state index contributed by atoms with van der Waals surface area (Å²) in [6.07, 6.45) is 0.977. The Bertz CT molecular complexity index is 668. The number of rotatable bonds is 4. The molecule has 0 unspecified atom stereocenters. The molecule has 0 fully saturated rings. The van der Waals surface area contributed by atoms with E-state index in [1.807, 2.05) is 4.90 Å². The molecule has 0 saturated heterocycles. The Kier molecular flexibility index (Phi) is 4.84. The van der Waals surface area contributed by atoms with Crippen LogP contribution in [0.15, 0.2) is 48.5 Å². The zero-order valence-corrected chi connectivity index (χ0v) is 13.7. The van der Waals surface area contributed by atoms with E-state index in [-0.39, 0.29) is 5.91 Å². The van der Waals surface area contributed by atoms with Crippen LogP contribution in [0.2, 0.25) is 0 Å². The van der Waals surface area contributed by atoms with Crippen LogP contribution in [0.25, 0.3) is 0 Å². The highest BCUT2D eigenvalue weighted by atomic mass is 32.2. The van der Waals surface area contributed by atoms with Gasteiger partial charge >= 0.3 is 0 Å². The molecule has 0 aromatic heterocycles. The van der Waals surface area contributed by atoms with Gasteiger partial charge < -0.3 is 4.90 Å². The smallest absolute Gasteiger partial charge is 0.232 e. The van der Waals surface area contributed by atoms with Gasteiger partial charge in [0.2, 0.25) is 5.91 Å². The monoisotopic (exact) mass is 311 g/mol. The number of hydrogen-bond acceptors (Lipinski definition) is 2. The van der Waals surface area contributed by atoms with Gasteiger partial charge in [-0.15, -0.1) is 11.8 Å². The number of carbonyl (C=O) groups excluding carboxylic acids is 1. The van der Waals surface area contributed by atoms with E-state index in [9.17, 15) is 4.79 Å². The normalized spacial score (nSPS) is 13.8. The maximum atomic E-state index is 12.4. The summed E-state index contributed by atoms with van der Waals surface area (Å²) >= 11 is 1.71. The van der Waals surface area contributed by atoms with E-state index >= 15 is 0 Å². The van der Waals surface area contributed by atoms with Crippen LogP contribution in [-0.4, -0.2) is 23.1 Å². The van der Waals surface area contributed by atoms with Crippen molar-refractivity contribution in [1.29, 1.82) is 0 Å². The molecule has 2 aromatic rings. The molecule has 2 nitrogen and oxygen atoms in total. The highest BCUT2D eigenvalue weighted by Crippen LogP contribution is 2.21. The SMILES string of the molecule is Cc1ccccc1CSCC(=O)N1CCc2ccccc2C1. The van der Waals surface area contributed by atoms with Gasteiger partial charge in [-0.1, -0.05) is 48.5 Å². The first-order chi connectivity index (χ1) is 10.7. The fourth-order valence-corrected chi connectivity index (χ4v) is 3.82. The number of amides is 1. The molecular formula is C19H21NOS. The van der Waals surface area contributed by atoms with E-state index in [1.54, 1.807) is 11.8 Å². The third-order valence-electron chi connectivity index (χ3n) is 4.23. The van der Waals surface area contributed by atoms with Gasteiger partial charge in [-0.2, -0.15) is 0 Å². The molecule has 3 heteroatoms. The van der Waals surface area contributed by atoms with Crippen molar-refractivity contribution >= 4 is 17.7 Å². The zero-order chi connectivity index (χ0) is 15.4. The molecule has 3 rings (SSSR count). The predicted molar refractivity (Wildman–Crippen MR) is 92.9 cm³/mol.